The van der Waals surface area contributed by atoms with Gasteiger partial charge in [-0.05, 0) is 0 Å². The van der Waals surface area contributed by atoms with E-state index in [-0.39, 0.29) is 6.54 Å². The molecule has 0 heterocycles. The summed E-state index contributed by atoms with van der Waals surface area (Å²) in [5, 5.41) is 10.1. The minimum atomic E-state index is -4.43. The Bertz CT molecular complexity index is 223. The van der Waals surface area contributed by atoms with Crippen LogP contribution in [0.3, 0.4) is 0 Å². The molecule has 2 N–H and O–H groups in total. The van der Waals surface area contributed by atoms with E-state index < -0.39 is 25.2 Å². The number of nitrogens with zero attached hydrogens (tertiary/aromatic N) is 1. The molecule has 0 aromatic rings. The highest BCUT2D eigenvalue weighted by Gasteiger charge is 2.27. The van der Waals surface area contributed by atoms with E-state index in [4.69, 9.17) is 5.26 Å². The van der Waals surface area contributed by atoms with E-state index in [9.17, 15) is 18.0 Å². The zero-order valence-electron chi connectivity index (χ0n) is 7.02. The molecule has 0 bridgehead atoms. The summed E-state index contributed by atoms with van der Waals surface area (Å²) in [6.07, 6.45) is -4.43. The van der Waals surface area contributed by atoms with Gasteiger partial charge in [-0.25, -0.2) is 0 Å². The van der Waals surface area contributed by atoms with Crippen LogP contribution in [0.15, 0.2) is 0 Å². The molecule has 0 saturated heterocycles. The third-order valence-electron chi connectivity index (χ3n) is 0.935. The molecule has 0 aliphatic rings. The number of alkyl halides is 3. The summed E-state index contributed by atoms with van der Waals surface area (Å²) in [4.78, 5) is 14.6. The molecule has 0 unspecified atom stereocenters. The zero-order valence-corrected chi connectivity index (χ0v) is 7.02. The first kappa shape index (κ1) is 12.7. The summed E-state index contributed by atoms with van der Waals surface area (Å²) in [5.41, 5.74) is 1.81. The average molecular weight is 211 g/mol. The topological polar surface area (TPSA) is 74.2 Å². The summed E-state index contributed by atoms with van der Waals surface area (Å²) in [7, 11) is 0. The van der Waals surface area contributed by atoms with Gasteiger partial charge in [-0.15, -0.1) is 0 Å². The maximum atomic E-state index is 11.5. The highest BCUT2D eigenvalue weighted by atomic mass is 19.4. The number of hydroxylamine groups is 1. The second-order valence-corrected chi connectivity index (χ2v) is 2.16. The Morgan fingerprint density at radius 2 is 2.14 bits per heavy atom. The average Bonchev–Trinajstić information content (AvgIpc) is 2.07. The van der Waals surface area contributed by atoms with Crippen molar-refractivity contribution in [2.45, 2.75) is 6.18 Å². The first-order valence-electron chi connectivity index (χ1n) is 3.51. The van der Waals surface area contributed by atoms with Crippen LogP contribution in [0, 0.1) is 11.3 Å². The number of carbonyl (C=O) groups excluding carboxylic acids is 1. The number of amides is 1. The molecule has 0 fully saturated rings. The van der Waals surface area contributed by atoms with Crippen LogP contribution in [0.5, 0.6) is 0 Å². The van der Waals surface area contributed by atoms with E-state index >= 15 is 0 Å². The maximum Gasteiger partial charge on any atom is 0.413 e. The quantitative estimate of drug-likeness (QED) is 0.372. The molecule has 0 aromatic carbocycles. The largest absolute Gasteiger partial charge is 0.413 e. The van der Waals surface area contributed by atoms with E-state index in [0.717, 1.165) is 0 Å². The monoisotopic (exact) mass is 211 g/mol. The van der Waals surface area contributed by atoms with Gasteiger partial charge in [0, 0.05) is 0 Å². The van der Waals surface area contributed by atoms with Crippen molar-refractivity contribution in [2.75, 3.05) is 19.7 Å². The van der Waals surface area contributed by atoms with Crippen molar-refractivity contribution in [1.82, 2.24) is 10.8 Å². The number of rotatable bonds is 5. The predicted octanol–water partition coefficient (Wildman–Crippen LogP) is -0.290. The molecule has 8 heteroatoms. The Kier molecular flexibility index (Phi) is 5.59. The third kappa shape index (κ3) is 8.76. The smallest absolute Gasteiger partial charge is 0.342 e. The van der Waals surface area contributed by atoms with Crippen LogP contribution in [0.1, 0.15) is 0 Å². The Morgan fingerprint density at radius 3 is 2.64 bits per heavy atom. The van der Waals surface area contributed by atoms with Gasteiger partial charge < -0.3 is 5.32 Å². The molecule has 5 nitrogen and oxygen atoms in total. The summed E-state index contributed by atoms with van der Waals surface area (Å²) in [6.45, 7) is -2.10. The van der Waals surface area contributed by atoms with Crippen molar-refractivity contribution >= 4 is 5.91 Å². The van der Waals surface area contributed by atoms with Gasteiger partial charge in [0.05, 0.1) is 12.6 Å². The van der Waals surface area contributed by atoms with Crippen molar-refractivity contribution in [3.63, 3.8) is 0 Å². The van der Waals surface area contributed by atoms with E-state index in [1.807, 2.05) is 5.48 Å². The van der Waals surface area contributed by atoms with Crippen molar-refractivity contribution < 1.29 is 22.8 Å². The summed E-state index contributed by atoms with van der Waals surface area (Å²) < 4.78 is 34.4. The number of nitriles is 1. The highest BCUT2D eigenvalue weighted by molar-refractivity contribution is 5.77. The molecule has 80 valence electrons. The minimum absolute atomic E-state index is 0.195. The standard InChI is InChI=1S/C6H8F3N3O2/c7-6(8,9)4-14-12-3-5(13)11-2-1-10/h12H,2-4H2,(H,11,13). The van der Waals surface area contributed by atoms with Crippen LogP contribution in [0.2, 0.25) is 0 Å². The summed E-state index contributed by atoms with van der Waals surface area (Å²) >= 11 is 0. The molecule has 1 amide bonds. The lowest BCUT2D eigenvalue weighted by atomic mass is 10.6. The van der Waals surface area contributed by atoms with Crippen LogP contribution in [0.25, 0.3) is 0 Å². The first-order chi connectivity index (χ1) is 6.45. The number of nitrogens with one attached hydrogen (secondary N) is 2. The minimum Gasteiger partial charge on any atom is -0.342 e. The van der Waals surface area contributed by atoms with Gasteiger partial charge in [0.15, 0.2) is 6.61 Å². The van der Waals surface area contributed by atoms with Crippen LogP contribution < -0.4 is 10.8 Å². The van der Waals surface area contributed by atoms with E-state index in [1.54, 1.807) is 6.07 Å². The third-order valence-corrected chi connectivity index (χ3v) is 0.935. The lowest BCUT2D eigenvalue weighted by molar-refractivity contribution is -0.189. The van der Waals surface area contributed by atoms with Gasteiger partial charge in [-0.2, -0.15) is 23.9 Å². The van der Waals surface area contributed by atoms with E-state index in [1.165, 1.54) is 0 Å². The molecule has 0 spiro atoms. The molecular weight excluding hydrogens is 203 g/mol. The number of carbonyl (C=O) groups is 1. The van der Waals surface area contributed by atoms with Gasteiger partial charge in [-0.1, -0.05) is 0 Å². The van der Waals surface area contributed by atoms with Crippen molar-refractivity contribution in [2.24, 2.45) is 0 Å². The number of hydrogen-bond acceptors (Lipinski definition) is 4. The van der Waals surface area contributed by atoms with E-state index in [2.05, 4.69) is 10.2 Å². The maximum absolute atomic E-state index is 11.5. The normalized spacial score (nSPS) is 10.7. The van der Waals surface area contributed by atoms with E-state index in [0.29, 0.717) is 0 Å². The molecule has 0 radical (unpaired) electrons. The van der Waals surface area contributed by atoms with Crippen LogP contribution >= 0.6 is 0 Å². The van der Waals surface area contributed by atoms with Gasteiger partial charge in [-0.3, -0.25) is 9.63 Å². The van der Waals surface area contributed by atoms with Gasteiger partial charge in [0.25, 0.3) is 0 Å². The van der Waals surface area contributed by atoms with Gasteiger partial charge >= 0.3 is 6.18 Å². The second-order valence-electron chi connectivity index (χ2n) is 2.16. The van der Waals surface area contributed by atoms with Gasteiger partial charge in [0.2, 0.25) is 5.91 Å². The predicted molar refractivity (Wildman–Crippen MR) is 38.6 cm³/mol. The summed E-state index contributed by atoms with van der Waals surface area (Å²) in [5.74, 6) is -0.617. The van der Waals surface area contributed by atoms with Crippen molar-refractivity contribution in [1.29, 1.82) is 5.26 Å². The molecule has 0 rings (SSSR count). The molecule has 0 aromatic heterocycles. The van der Waals surface area contributed by atoms with Crippen LogP contribution in [-0.4, -0.2) is 31.8 Å². The molecular formula is C6H8F3N3O2. The Balaban J connectivity index is 3.37. The Morgan fingerprint density at radius 1 is 1.50 bits per heavy atom. The molecule has 14 heavy (non-hydrogen) atoms. The summed E-state index contributed by atoms with van der Waals surface area (Å²) in [6, 6.07) is 1.63. The van der Waals surface area contributed by atoms with Crippen LogP contribution in [-0.2, 0) is 9.63 Å². The molecule has 0 atom stereocenters. The van der Waals surface area contributed by atoms with Crippen LogP contribution in [0.4, 0.5) is 13.2 Å². The number of halogens is 3. The molecule has 0 aliphatic carbocycles. The second kappa shape index (κ2) is 6.17. The number of hydrogen-bond donors (Lipinski definition) is 2. The fraction of sp³-hybridized carbons (Fsp3) is 0.667. The fourth-order valence-electron chi connectivity index (χ4n) is 0.450. The van der Waals surface area contributed by atoms with Crippen molar-refractivity contribution in [3.8, 4) is 6.07 Å². The lowest BCUT2D eigenvalue weighted by Gasteiger charge is -2.07. The zero-order chi connectivity index (χ0) is 11.0. The lowest BCUT2D eigenvalue weighted by Crippen LogP contribution is -2.35. The SMILES string of the molecule is N#CCNC(=O)CNOCC(F)(F)F. The van der Waals surface area contributed by atoms with Gasteiger partial charge in [0.1, 0.15) is 6.54 Å². The highest BCUT2D eigenvalue weighted by Crippen LogP contribution is 2.13. The molecule has 0 saturated carbocycles. The Hall–Kier alpha value is -1.33. The fourth-order valence-corrected chi connectivity index (χ4v) is 0.450. The van der Waals surface area contributed by atoms with Crippen molar-refractivity contribution in [3.05, 3.63) is 0 Å². The molecule has 0 aliphatic heterocycles. The Labute approximate surface area is 77.8 Å². The first-order valence-corrected chi connectivity index (χ1v) is 3.51.